The van der Waals surface area contributed by atoms with Crippen LogP contribution in [0, 0.1) is 12.8 Å². The first kappa shape index (κ1) is 19.9. The molecule has 1 aromatic rings. The fraction of sp³-hybridized carbons (Fsp3) is 0.789. The van der Waals surface area contributed by atoms with Crippen LogP contribution >= 0.6 is 0 Å². The average molecular weight is 351 g/mol. The standard InChI is InChI=1S/C19H34N4O2/c1-4-10-23-16(2)18(14-21-23)15-22-11-7-17(8-12-22)5-6-19(24)20-9-13-25-3/h14,17H,4-13,15H2,1-3H3,(H,20,24). The highest BCUT2D eigenvalue weighted by Crippen LogP contribution is 2.23. The summed E-state index contributed by atoms with van der Waals surface area (Å²) >= 11 is 0. The second kappa shape index (κ2) is 10.6. The van der Waals surface area contributed by atoms with E-state index in [1.165, 1.54) is 24.1 Å². The molecule has 0 aromatic carbocycles. The van der Waals surface area contributed by atoms with Gasteiger partial charge in [0, 0.05) is 44.4 Å². The minimum Gasteiger partial charge on any atom is -0.383 e. The van der Waals surface area contributed by atoms with Crippen molar-refractivity contribution in [1.82, 2.24) is 20.0 Å². The summed E-state index contributed by atoms with van der Waals surface area (Å²) in [6.07, 6.45) is 7.16. The number of hydrogen-bond acceptors (Lipinski definition) is 4. The van der Waals surface area contributed by atoms with Crippen LogP contribution in [0.5, 0.6) is 0 Å². The van der Waals surface area contributed by atoms with Gasteiger partial charge in [-0.3, -0.25) is 14.4 Å². The minimum absolute atomic E-state index is 0.151. The van der Waals surface area contributed by atoms with Gasteiger partial charge in [0.2, 0.25) is 5.91 Å². The minimum atomic E-state index is 0.151. The van der Waals surface area contributed by atoms with Gasteiger partial charge in [-0.2, -0.15) is 5.10 Å². The number of nitrogens with zero attached hydrogens (tertiary/aromatic N) is 3. The van der Waals surface area contributed by atoms with Crippen LogP contribution in [0.15, 0.2) is 6.20 Å². The highest BCUT2D eigenvalue weighted by atomic mass is 16.5. The Morgan fingerprint density at radius 1 is 1.40 bits per heavy atom. The van der Waals surface area contributed by atoms with Crippen LogP contribution in [-0.4, -0.2) is 53.9 Å². The molecule has 1 fully saturated rings. The number of piperidine rings is 1. The van der Waals surface area contributed by atoms with Gasteiger partial charge in [-0.1, -0.05) is 6.92 Å². The predicted octanol–water partition coefficient (Wildman–Crippen LogP) is 2.36. The highest BCUT2D eigenvalue weighted by Gasteiger charge is 2.21. The fourth-order valence-electron chi connectivity index (χ4n) is 3.47. The van der Waals surface area contributed by atoms with Crippen molar-refractivity contribution in [3.8, 4) is 0 Å². The van der Waals surface area contributed by atoms with E-state index in [0.717, 1.165) is 39.0 Å². The van der Waals surface area contributed by atoms with Gasteiger partial charge in [-0.25, -0.2) is 0 Å². The lowest BCUT2D eigenvalue weighted by Gasteiger charge is -2.31. The summed E-state index contributed by atoms with van der Waals surface area (Å²) in [5, 5.41) is 7.40. The molecule has 1 saturated heterocycles. The monoisotopic (exact) mass is 350 g/mol. The van der Waals surface area contributed by atoms with Crippen molar-refractivity contribution in [3.05, 3.63) is 17.5 Å². The summed E-state index contributed by atoms with van der Waals surface area (Å²) in [5.41, 5.74) is 2.65. The number of methoxy groups -OCH3 is 1. The molecule has 1 aromatic heterocycles. The van der Waals surface area contributed by atoms with E-state index < -0.39 is 0 Å². The number of hydrogen-bond donors (Lipinski definition) is 1. The maximum atomic E-state index is 11.8. The molecular formula is C19H34N4O2. The van der Waals surface area contributed by atoms with Gasteiger partial charge < -0.3 is 10.1 Å². The molecule has 0 saturated carbocycles. The van der Waals surface area contributed by atoms with E-state index in [2.05, 4.69) is 33.8 Å². The van der Waals surface area contributed by atoms with E-state index in [4.69, 9.17) is 4.74 Å². The summed E-state index contributed by atoms with van der Waals surface area (Å²) in [6.45, 7) is 9.79. The number of rotatable bonds is 10. The normalized spacial score (nSPS) is 16.3. The van der Waals surface area contributed by atoms with Crippen LogP contribution in [0.4, 0.5) is 0 Å². The van der Waals surface area contributed by atoms with E-state index in [1.807, 2.05) is 6.20 Å². The fourth-order valence-corrected chi connectivity index (χ4v) is 3.47. The maximum absolute atomic E-state index is 11.8. The van der Waals surface area contributed by atoms with Crippen LogP contribution < -0.4 is 5.32 Å². The smallest absolute Gasteiger partial charge is 0.220 e. The lowest BCUT2D eigenvalue weighted by molar-refractivity contribution is -0.121. The Bertz CT molecular complexity index is 521. The molecule has 0 atom stereocenters. The van der Waals surface area contributed by atoms with Crippen molar-refractivity contribution in [3.63, 3.8) is 0 Å². The molecule has 1 aliphatic heterocycles. The van der Waals surface area contributed by atoms with Crippen molar-refractivity contribution < 1.29 is 9.53 Å². The van der Waals surface area contributed by atoms with Crippen molar-refractivity contribution in [1.29, 1.82) is 0 Å². The highest BCUT2D eigenvalue weighted by molar-refractivity contribution is 5.75. The summed E-state index contributed by atoms with van der Waals surface area (Å²) in [4.78, 5) is 14.3. The van der Waals surface area contributed by atoms with Crippen molar-refractivity contribution in [2.24, 2.45) is 5.92 Å². The first-order valence-corrected chi connectivity index (χ1v) is 9.63. The second-order valence-corrected chi connectivity index (χ2v) is 7.08. The first-order chi connectivity index (χ1) is 12.1. The molecule has 0 radical (unpaired) electrons. The van der Waals surface area contributed by atoms with E-state index in [9.17, 15) is 4.79 Å². The summed E-state index contributed by atoms with van der Waals surface area (Å²) < 4.78 is 7.06. The Kier molecular flexibility index (Phi) is 8.41. The van der Waals surface area contributed by atoms with Crippen molar-refractivity contribution >= 4 is 5.91 Å². The van der Waals surface area contributed by atoms with E-state index in [-0.39, 0.29) is 5.91 Å². The van der Waals surface area contributed by atoms with Crippen LogP contribution in [0.25, 0.3) is 0 Å². The predicted molar refractivity (Wildman–Crippen MR) is 99.4 cm³/mol. The lowest BCUT2D eigenvalue weighted by Crippen LogP contribution is -2.34. The first-order valence-electron chi connectivity index (χ1n) is 9.63. The van der Waals surface area contributed by atoms with Gasteiger partial charge >= 0.3 is 0 Å². The molecule has 1 N–H and O–H groups in total. The Labute approximate surface area is 151 Å². The number of nitrogens with one attached hydrogen (secondary N) is 1. The molecule has 6 nitrogen and oxygen atoms in total. The van der Waals surface area contributed by atoms with E-state index in [1.54, 1.807) is 7.11 Å². The van der Waals surface area contributed by atoms with Crippen LogP contribution in [0.2, 0.25) is 0 Å². The molecule has 0 spiro atoms. The Morgan fingerprint density at radius 3 is 2.84 bits per heavy atom. The summed E-state index contributed by atoms with van der Waals surface area (Å²) in [7, 11) is 1.65. The van der Waals surface area contributed by atoms with Crippen molar-refractivity contribution in [2.45, 2.75) is 59.0 Å². The molecule has 25 heavy (non-hydrogen) atoms. The van der Waals surface area contributed by atoms with Gasteiger partial charge in [-0.05, 0) is 51.6 Å². The molecule has 0 unspecified atom stereocenters. The Balaban J connectivity index is 1.67. The quantitative estimate of drug-likeness (QED) is 0.658. The number of amides is 1. The molecule has 142 valence electrons. The topological polar surface area (TPSA) is 59.4 Å². The van der Waals surface area contributed by atoms with Gasteiger partial charge in [-0.15, -0.1) is 0 Å². The van der Waals surface area contributed by atoms with Gasteiger partial charge in [0.05, 0.1) is 12.8 Å². The molecule has 1 amide bonds. The molecule has 0 aliphatic carbocycles. The molecular weight excluding hydrogens is 316 g/mol. The molecule has 6 heteroatoms. The van der Waals surface area contributed by atoms with Crippen molar-refractivity contribution in [2.75, 3.05) is 33.4 Å². The average Bonchev–Trinajstić information content (AvgIpc) is 2.95. The zero-order valence-electron chi connectivity index (χ0n) is 16.1. The van der Waals surface area contributed by atoms with Gasteiger partial charge in [0.25, 0.3) is 0 Å². The third-order valence-corrected chi connectivity index (χ3v) is 5.15. The van der Waals surface area contributed by atoms with Crippen LogP contribution in [-0.2, 0) is 22.6 Å². The van der Waals surface area contributed by atoms with E-state index in [0.29, 0.717) is 25.5 Å². The Morgan fingerprint density at radius 2 is 2.16 bits per heavy atom. The second-order valence-electron chi connectivity index (χ2n) is 7.08. The molecule has 2 heterocycles. The zero-order valence-corrected chi connectivity index (χ0v) is 16.1. The molecule has 2 rings (SSSR count). The summed E-state index contributed by atoms with van der Waals surface area (Å²) in [6, 6.07) is 0. The number of aryl methyl sites for hydroxylation is 1. The zero-order chi connectivity index (χ0) is 18.1. The Hall–Kier alpha value is -1.40. The third-order valence-electron chi connectivity index (χ3n) is 5.15. The largest absolute Gasteiger partial charge is 0.383 e. The van der Waals surface area contributed by atoms with Gasteiger partial charge in [0.15, 0.2) is 0 Å². The molecule has 0 bridgehead atoms. The number of likely N-dealkylation sites (tertiary alicyclic amines) is 1. The van der Waals surface area contributed by atoms with E-state index >= 15 is 0 Å². The maximum Gasteiger partial charge on any atom is 0.220 e. The molecule has 1 aliphatic rings. The number of ether oxygens (including phenoxy) is 1. The van der Waals surface area contributed by atoms with Crippen LogP contribution in [0.3, 0.4) is 0 Å². The van der Waals surface area contributed by atoms with Gasteiger partial charge in [0.1, 0.15) is 0 Å². The third kappa shape index (κ3) is 6.44. The number of aromatic nitrogens is 2. The number of carbonyl (C=O) groups is 1. The summed E-state index contributed by atoms with van der Waals surface area (Å²) in [5.74, 6) is 0.826. The lowest BCUT2D eigenvalue weighted by atomic mass is 9.92. The SMILES string of the molecule is CCCn1ncc(CN2CCC(CCC(=O)NCCOC)CC2)c1C. The van der Waals surface area contributed by atoms with Crippen LogP contribution in [0.1, 0.15) is 50.3 Å². The number of carbonyl (C=O) groups excluding carboxylic acids is 1.